The number of hydrogen-bond acceptors (Lipinski definition) is 1. The highest BCUT2D eigenvalue weighted by atomic mass is 16.5. The largest absolute Gasteiger partial charge is 0.487 e. The van der Waals surface area contributed by atoms with Crippen LogP contribution in [0.15, 0.2) is 42.5 Å². The molecule has 0 aliphatic rings. The summed E-state index contributed by atoms with van der Waals surface area (Å²) >= 11 is 0. The van der Waals surface area contributed by atoms with Crippen LogP contribution in [-0.4, -0.2) is 5.60 Å². The number of benzene rings is 2. The molecule has 0 saturated carbocycles. The first-order valence-electron chi connectivity index (χ1n) is 6.72. The Morgan fingerprint density at radius 1 is 0.895 bits per heavy atom. The van der Waals surface area contributed by atoms with Crippen LogP contribution in [0.2, 0.25) is 0 Å². The number of hydrogen-bond donors (Lipinski definition) is 0. The Hall–Kier alpha value is -1.76. The summed E-state index contributed by atoms with van der Waals surface area (Å²) in [6, 6.07) is 14.8. The molecule has 1 heteroatoms. The second-order valence-corrected chi connectivity index (χ2v) is 6.04. The SMILES string of the molecule is Cc1cc(C)c(OC(C)(C)C)c(-c2ccccc2)c1. The zero-order valence-electron chi connectivity index (χ0n) is 12.4. The summed E-state index contributed by atoms with van der Waals surface area (Å²) in [6.07, 6.45) is 0. The van der Waals surface area contributed by atoms with Gasteiger partial charge in [0.05, 0.1) is 0 Å². The fourth-order valence-electron chi connectivity index (χ4n) is 2.23. The van der Waals surface area contributed by atoms with Crippen molar-refractivity contribution in [3.05, 3.63) is 53.6 Å². The van der Waals surface area contributed by atoms with E-state index < -0.39 is 0 Å². The van der Waals surface area contributed by atoms with Gasteiger partial charge in [0.1, 0.15) is 11.4 Å². The van der Waals surface area contributed by atoms with Crippen LogP contribution < -0.4 is 4.74 Å². The maximum absolute atomic E-state index is 6.17. The Morgan fingerprint density at radius 2 is 1.53 bits per heavy atom. The van der Waals surface area contributed by atoms with Crippen molar-refractivity contribution in [1.82, 2.24) is 0 Å². The van der Waals surface area contributed by atoms with Crippen LogP contribution in [0.4, 0.5) is 0 Å². The standard InChI is InChI=1S/C18H22O/c1-13-11-14(2)17(19-18(3,4)5)16(12-13)15-9-7-6-8-10-15/h6-12H,1-5H3. The highest BCUT2D eigenvalue weighted by Crippen LogP contribution is 2.36. The molecule has 0 atom stereocenters. The lowest BCUT2D eigenvalue weighted by atomic mass is 9.98. The maximum atomic E-state index is 6.17. The van der Waals surface area contributed by atoms with Crippen LogP contribution in [0.1, 0.15) is 31.9 Å². The highest BCUT2D eigenvalue weighted by molar-refractivity contribution is 5.73. The summed E-state index contributed by atoms with van der Waals surface area (Å²) in [5.41, 5.74) is 4.64. The summed E-state index contributed by atoms with van der Waals surface area (Å²) in [5, 5.41) is 0. The van der Waals surface area contributed by atoms with Crippen molar-refractivity contribution in [3.8, 4) is 16.9 Å². The average molecular weight is 254 g/mol. The molecule has 19 heavy (non-hydrogen) atoms. The van der Waals surface area contributed by atoms with Crippen molar-refractivity contribution >= 4 is 0 Å². The molecule has 0 aliphatic carbocycles. The van der Waals surface area contributed by atoms with Gasteiger partial charge in [-0.2, -0.15) is 0 Å². The number of ether oxygens (including phenoxy) is 1. The van der Waals surface area contributed by atoms with E-state index in [0.29, 0.717) is 0 Å². The van der Waals surface area contributed by atoms with Gasteiger partial charge < -0.3 is 4.74 Å². The summed E-state index contributed by atoms with van der Waals surface area (Å²) in [6.45, 7) is 10.5. The zero-order valence-corrected chi connectivity index (χ0v) is 12.4. The van der Waals surface area contributed by atoms with E-state index in [-0.39, 0.29) is 5.60 Å². The summed E-state index contributed by atoms with van der Waals surface area (Å²) in [5.74, 6) is 0.990. The van der Waals surface area contributed by atoms with Gasteiger partial charge >= 0.3 is 0 Å². The topological polar surface area (TPSA) is 9.23 Å². The minimum Gasteiger partial charge on any atom is -0.487 e. The van der Waals surface area contributed by atoms with Gasteiger partial charge in [-0.25, -0.2) is 0 Å². The van der Waals surface area contributed by atoms with Crippen molar-refractivity contribution in [2.24, 2.45) is 0 Å². The van der Waals surface area contributed by atoms with Crippen molar-refractivity contribution in [2.45, 2.75) is 40.2 Å². The van der Waals surface area contributed by atoms with Crippen LogP contribution in [0.25, 0.3) is 11.1 Å². The van der Waals surface area contributed by atoms with Gasteiger partial charge in [0, 0.05) is 5.56 Å². The first-order valence-corrected chi connectivity index (χ1v) is 6.72. The van der Waals surface area contributed by atoms with Gasteiger partial charge in [0.15, 0.2) is 0 Å². The molecule has 0 N–H and O–H groups in total. The van der Waals surface area contributed by atoms with E-state index in [9.17, 15) is 0 Å². The second kappa shape index (κ2) is 5.08. The fourth-order valence-corrected chi connectivity index (χ4v) is 2.23. The second-order valence-electron chi connectivity index (χ2n) is 6.04. The Labute approximate surface area is 116 Å². The lowest BCUT2D eigenvalue weighted by Crippen LogP contribution is -2.23. The van der Waals surface area contributed by atoms with Crippen molar-refractivity contribution in [3.63, 3.8) is 0 Å². The van der Waals surface area contributed by atoms with Crippen LogP contribution in [0.5, 0.6) is 5.75 Å². The molecular formula is C18H22O. The molecule has 0 unspecified atom stereocenters. The molecule has 2 rings (SSSR count). The van der Waals surface area contributed by atoms with Crippen LogP contribution in [-0.2, 0) is 0 Å². The molecule has 1 nitrogen and oxygen atoms in total. The molecule has 0 bridgehead atoms. The van der Waals surface area contributed by atoms with E-state index >= 15 is 0 Å². The minimum absolute atomic E-state index is 0.191. The lowest BCUT2D eigenvalue weighted by molar-refractivity contribution is 0.130. The molecule has 0 radical (unpaired) electrons. The predicted molar refractivity (Wildman–Crippen MR) is 81.7 cm³/mol. The molecule has 0 fully saturated rings. The Bertz CT molecular complexity index is 562. The monoisotopic (exact) mass is 254 g/mol. The summed E-state index contributed by atoms with van der Waals surface area (Å²) in [7, 11) is 0. The quantitative estimate of drug-likeness (QED) is 0.720. The molecule has 100 valence electrons. The molecule has 2 aromatic rings. The van der Waals surface area contributed by atoms with Gasteiger partial charge in [0.25, 0.3) is 0 Å². The van der Waals surface area contributed by atoms with Gasteiger partial charge in [-0.15, -0.1) is 0 Å². The molecule has 0 spiro atoms. The Balaban J connectivity index is 2.59. The third-order valence-corrected chi connectivity index (χ3v) is 2.91. The van der Waals surface area contributed by atoms with Crippen molar-refractivity contribution in [1.29, 1.82) is 0 Å². The third-order valence-electron chi connectivity index (χ3n) is 2.91. The number of rotatable bonds is 2. The van der Waals surface area contributed by atoms with Gasteiger partial charge in [-0.05, 0) is 57.4 Å². The normalized spacial score (nSPS) is 11.4. The van der Waals surface area contributed by atoms with E-state index in [4.69, 9.17) is 4.74 Å². The van der Waals surface area contributed by atoms with E-state index in [1.54, 1.807) is 0 Å². The van der Waals surface area contributed by atoms with E-state index in [0.717, 1.165) is 5.75 Å². The minimum atomic E-state index is -0.191. The molecule has 0 amide bonds. The Kier molecular flexibility index (Phi) is 3.66. The Morgan fingerprint density at radius 3 is 2.11 bits per heavy atom. The molecule has 0 saturated heterocycles. The molecular weight excluding hydrogens is 232 g/mol. The highest BCUT2D eigenvalue weighted by Gasteiger charge is 2.17. The van der Waals surface area contributed by atoms with Gasteiger partial charge in [-0.3, -0.25) is 0 Å². The number of aryl methyl sites for hydroxylation is 2. The first-order chi connectivity index (χ1) is 8.87. The average Bonchev–Trinajstić information content (AvgIpc) is 2.32. The maximum Gasteiger partial charge on any atom is 0.130 e. The van der Waals surface area contributed by atoms with E-state index in [1.165, 1.54) is 22.3 Å². The molecule has 0 aliphatic heterocycles. The van der Waals surface area contributed by atoms with Gasteiger partial charge in [-0.1, -0.05) is 36.4 Å². The van der Waals surface area contributed by atoms with Crippen LogP contribution >= 0.6 is 0 Å². The van der Waals surface area contributed by atoms with Gasteiger partial charge in [0.2, 0.25) is 0 Å². The zero-order chi connectivity index (χ0) is 14.0. The van der Waals surface area contributed by atoms with Crippen LogP contribution in [0.3, 0.4) is 0 Å². The smallest absolute Gasteiger partial charge is 0.130 e. The van der Waals surface area contributed by atoms with E-state index in [1.807, 2.05) is 6.07 Å². The molecule has 0 heterocycles. The lowest BCUT2D eigenvalue weighted by Gasteiger charge is -2.25. The van der Waals surface area contributed by atoms with Crippen LogP contribution in [0, 0.1) is 13.8 Å². The molecule has 2 aromatic carbocycles. The first kappa shape index (κ1) is 13.7. The van der Waals surface area contributed by atoms with Crippen molar-refractivity contribution in [2.75, 3.05) is 0 Å². The van der Waals surface area contributed by atoms with Crippen molar-refractivity contribution < 1.29 is 4.74 Å². The molecule has 0 aromatic heterocycles. The predicted octanol–water partition coefficient (Wildman–Crippen LogP) is 5.15. The third kappa shape index (κ3) is 3.37. The summed E-state index contributed by atoms with van der Waals surface area (Å²) in [4.78, 5) is 0. The fraction of sp³-hybridized carbons (Fsp3) is 0.333. The van der Waals surface area contributed by atoms with E-state index in [2.05, 4.69) is 71.0 Å². The summed E-state index contributed by atoms with van der Waals surface area (Å²) < 4.78 is 6.17.